The maximum Gasteiger partial charge on any atom is 0.327 e. The predicted molar refractivity (Wildman–Crippen MR) is 407 cm³/mol. The van der Waals surface area contributed by atoms with E-state index in [9.17, 15) is 28.4 Å². The summed E-state index contributed by atoms with van der Waals surface area (Å²) in [6, 6.07) is 77.2. The highest BCUT2D eigenvalue weighted by Crippen LogP contribution is 2.35. The molecular weight excluding hydrogens is 1370 g/mol. The maximum absolute atomic E-state index is 13.5. The number of ether oxygens (including phenoxy) is 6. The van der Waals surface area contributed by atoms with Gasteiger partial charge in [-0.2, -0.15) is 25.5 Å². The van der Waals surface area contributed by atoms with Gasteiger partial charge in [-0.25, -0.2) is 4.39 Å². The summed E-state index contributed by atoms with van der Waals surface area (Å²) in [6.07, 6.45) is 0. The third-order valence-electron chi connectivity index (χ3n) is 17.0. The second-order valence-corrected chi connectivity index (χ2v) is 24.4. The number of esters is 5. The van der Waals surface area contributed by atoms with E-state index in [1.807, 2.05) is 207 Å². The van der Waals surface area contributed by atoms with Crippen molar-refractivity contribution >= 4 is 96.0 Å². The van der Waals surface area contributed by atoms with E-state index in [0.717, 1.165) is 117 Å². The van der Waals surface area contributed by atoms with Crippen molar-refractivity contribution in [2.24, 2.45) is 0 Å². The first-order valence-electron chi connectivity index (χ1n) is 33.4. The van der Waals surface area contributed by atoms with Gasteiger partial charge in [-0.1, -0.05) is 193 Å². The van der Waals surface area contributed by atoms with Crippen LogP contribution in [0.1, 0.15) is 11.1 Å². The van der Waals surface area contributed by atoms with Crippen molar-refractivity contribution in [2.45, 2.75) is 46.6 Å². The fourth-order valence-corrected chi connectivity index (χ4v) is 11.9. The lowest BCUT2D eigenvalue weighted by Gasteiger charge is -2.03. The molecule has 21 nitrogen and oxygen atoms in total. The number of aryl methyl sites for hydroxylation is 2. The zero-order valence-electron chi connectivity index (χ0n) is 59.3. The number of hydrogen-bond acceptors (Lipinski definition) is 16. The minimum Gasteiger partial charge on any atom is -0.497 e. The van der Waals surface area contributed by atoms with Crippen molar-refractivity contribution in [2.75, 3.05) is 42.7 Å². The number of aromatic nitrogens is 10. The minimum atomic E-state index is -0.428. The molecule has 536 valence electrons. The first kappa shape index (κ1) is 74.1. The highest BCUT2D eigenvalue weighted by Gasteiger charge is 2.21. The number of benzene rings is 10. The molecule has 23 heteroatoms. The number of methoxy groups -OCH3 is 6. The molecule has 5 heterocycles. The number of carbonyl (C=O) groups excluding carboxylic acids is 5. The second-order valence-electron chi connectivity index (χ2n) is 24.0. The largest absolute Gasteiger partial charge is 0.497 e. The SMILES string of the molecule is COC(=O)Cn1nc(-c2ccc(C)cc2)c2ccccc21.COC(=O)Cn1nc(-c2ccccc2)c2ccc(C)cc21.COC(=O)Cn1nc(-c2ccccc2)c2ccc(Cl)cc21.COC(=O)Cn1nc(-c2ccccc2)c2ccc(F)cc21.COC(=O)Cn1nc(-c2ccccc2)c2ccc(OC)cc21. The Morgan fingerprint density at radius 1 is 0.311 bits per heavy atom. The van der Waals surface area contributed by atoms with Crippen molar-refractivity contribution in [3.8, 4) is 62.0 Å². The summed E-state index contributed by atoms with van der Waals surface area (Å²) in [5.41, 5.74) is 15.6. The zero-order chi connectivity index (χ0) is 74.8. The van der Waals surface area contributed by atoms with Crippen LogP contribution in [-0.4, -0.2) is 121 Å². The molecule has 0 atom stereocenters. The lowest BCUT2D eigenvalue weighted by molar-refractivity contribution is -0.142. The van der Waals surface area contributed by atoms with Crippen molar-refractivity contribution < 1.29 is 56.8 Å². The van der Waals surface area contributed by atoms with Crippen LogP contribution in [0.15, 0.2) is 243 Å². The molecule has 0 aliphatic rings. The molecular formula is C83H74ClFN10O11. The Balaban J connectivity index is 0.000000132. The van der Waals surface area contributed by atoms with Gasteiger partial charge in [0.05, 0.1) is 70.2 Å². The van der Waals surface area contributed by atoms with Gasteiger partial charge >= 0.3 is 29.8 Å². The molecule has 15 rings (SSSR count). The zero-order valence-corrected chi connectivity index (χ0v) is 60.1. The highest BCUT2D eigenvalue weighted by atomic mass is 35.5. The van der Waals surface area contributed by atoms with Gasteiger partial charge in [0.1, 0.15) is 72.8 Å². The number of carbonyl (C=O) groups is 5. The summed E-state index contributed by atoms with van der Waals surface area (Å²) in [5, 5.41) is 28.2. The average Bonchev–Trinajstić information content (AvgIpc) is 1.67. The van der Waals surface area contributed by atoms with E-state index >= 15 is 0 Å². The smallest absolute Gasteiger partial charge is 0.327 e. The van der Waals surface area contributed by atoms with Crippen LogP contribution in [0.25, 0.3) is 111 Å². The van der Waals surface area contributed by atoms with E-state index in [-0.39, 0.29) is 62.4 Å². The normalized spacial score (nSPS) is 10.7. The van der Waals surface area contributed by atoms with Gasteiger partial charge in [0, 0.05) is 65.8 Å². The number of nitrogens with zero attached hydrogens (tertiary/aromatic N) is 10. The second kappa shape index (κ2) is 34.7. The van der Waals surface area contributed by atoms with Crippen molar-refractivity contribution in [1.29, 1.82) is 0 Å². The van der Waals surface area contributed by atoms with Crippen LogP contribution in [0.2, 0.25) is 5.02 Å². The molecule has 10 aromatic carbocycles. The Kier molecular flexibility index (Phi) is 24.3. The predicted octanol–water partition coefficient (Wildman–Crippen LogP) is 15.8. The molecule has 0 spiro atoms. The van der Waals surface area contributed by atoms with Crippen molar-refractivity contribution in [3.05, 3.63) is 265 Å². The Bertz CT molecular complexity index is 5260. The van der Waals surface area contributed by atoms with Gasteiger partial charge in [-0.05, 0) is 80.1 Å². The minimum absolute atomic E-state index is 0.0523. The molecule has 0 aliphatic heterocycles. The fourth-order valence-electron chi connectivity index (χ4n) is 11.7. The Morgan fingerprint density at radius 2 is 0.604 bits per heavy atom. The van der Waals surface area contributed by atoms with Gasteiger partial charge in [-0.15, -0.1) is 0 Å². The topological polar surface area (TPSA) is 230 Å². The molecule has 0 fully saturated rings. The molecule has 0 radical (unpaired) electrons. The average molecular weight is 1440 g/mol. The fraction of sp³-hybridized carbons (Fsp3) is 0.157. The van der Waals surface area contributed by atoms with E-state index in [0.29, 0.717) is 10.5 Å². The lowest BCUT2D eigenvalue weighted by Crippen LogP contribution is -2.12. The van der Waals surface area contributed by atoms with Crippen molar-refractivity contribution in [1.82, 2.24) is 48.9 Å². The molecule has 0 N–H and O–H groups in total. The van der Waals surface area contributed by atoms with Gasteiger partial charge in [0.2, 0.25) is 0 Å². The molecule has 15 aromatic rings. The maximum atomic E-state index is 13.5. The number of rotatable bonds is 16. The first-order valence-corrected chi connectivity index (χ1v) is 33.8. The van der Waals surface area contributed by atoms with Crippen LogP contribution in [0, 0.1) is 19.7 Å². The standard InChI is InChI=1S/C17H16N2O3.2C17H16N2O2.C16H13ClN2O2.C16H13FN2O2/c1-21-13-8-9-14-15(10-13)19(11-16(20)22-2)18-17(14)12-6-4-3-5-7-12;1-12-7-9-13(10-8-12)17-14-5-3-4-6-15(14)19(18-17)11-16(20)21-2;1-12-8-9-14-15(10-12)19(11-16(20)21-2)18-17(14)13-6-4-3-5-7-13;2*1-21-15(20)10-19-14-9-12(17)7-8-13(14)16(18-19)11-5-3-2-4-6-11/h3-10H,11H2,1-2H3;2*3-10H,11H2,1-2H3;2*2-9H,10H2,1H3. The molecule has 0 unspecified atom stereocenters. The van der Waals surface area contributed by atoms with E-state index in [1.165, 1.54) is 57.9 Å². The molecule has 0 saturated carbocycles. The molecule has 0 saturated heterocycles. The summed E-state index contributed by atoms with van der Waals surface area (Å²) in [6.45, 7) is 4.37. The number of fused-ring (bicyclic) bond motifs is 5. The summed E-state index contributed by atoms with van der Waals surface area (Å²) < 4.78 is 50.5. The Labute approximate surface area is 614 Å². The van der Waals surface area contributed by atoms with E-state index in [2.05, 4.69) is 55.4 Å². The van der Waals surface area contributed by atoms with E-state index in [1.54, 1.807) is 38.0 Å². The van der Waals surface area contributed by atoms with Crippen LogP contribution in [0.3, 0.4) is 0 Å². The van der Waals surface area contributed by atoms with Crippen LogP contribution in [0.5, 0.6) is 5.75 Å². The van der Waals surface area contributed by atoms with E-state index in [4.69, 9.17) is 35.3 Å². The van der Waals surface area contributed by atoms with Crippen LogP contribution < -0.4 is 4.74 Å². The van der Waals surface area contributed by atoms with Crippen LogP contribution in [-0.2, 0) is 80.4 Å². The van der Waals surface area contributed by atoms with Crippen molar-refractivity contribution in [3.63, 3.8) is 0 Å². The summed E-state index contributed by atoms with van der Waals surface area (Å²) in [7, 11) is 8.42. The van der Waals surface area contributed by atoms with Gasteiger partial charge < -0.3 is 28.4 Å². The molecule has 0 bridgehead atoms. The van der Waals surface area contributed by atoms with Gasteiger partial charge in [-0.3, -0.25) is 47.4 Å². The molecule has 0 aliphatic carbocycles. The monoisotopic (exact) mass is 1440 g/mol. The lowest BCUT2D eigenvalue weighted by atomic mass is 10.1. The molecule has 106 heavy (non-hydrogen) atoms. The quantitative estimate of drug-likeness (QED) is 0.0647. The molecule has 5 aromatic heterocycles. The molecule has 0 amide bonds. The van der Waals surface area contributed by atoms with Gasteiger partial charge in [0.25, 0.3) is 0 Å². The highest BCUT2D eigenvalue weighted by molar-refractivity contribution is 6.31. The number of halogens is 2. The third-order valence-corrected chi connectivity index (χ3v) is 17.2. The Morgan fingerprint density at radius 3 is 0.991 bits per heavy atom. The van der Waals surface area contributed by atoms with Crippen LogP contribution >= 0.6 is 11.6 Å². The third kappa shape index (κ3) is 17.7. The number of para-hydroxylation sites is 1. The van der Waals surface area contributed by atoms with Gasteiger partial charge in [0.15, 0.2) is 0 Å². The summed E-state index contributed by atoms with van der Waals surface area (Å²) in [5.74, 6) is -1.38. The van der Waals surface area contributed by atoms with Crippen LogP contribution in [0.4, 0.5) is 4.39 Å². The number of hydrogen-bond donors (Lipinski definition) is 0. The first-order chi connectivity index (χ1) is 51.5. The summed E-state index contributed by atoms with van der Waals surface area (Å²) in [4.78, 5) is 57.7. The Hall–Kier alpha value is -13.1. The van der Waals surface area contributed by atoms with E-state index < -0.39 is 5.97 Å². The summed E-state index contributed by atoms with van der Waals surface area (Å²) >= 11 is 6.06.